The molecule has 0 radical (unpaired) electrons. The highest BCUT2D eigenvalue weighted by molar-refractivity contribution is 6.35. The number of benzene rings is 1. The molecule has 0 aliphatic carbocycles. The van der Waals surface area contributed by atoms with Crippen molar-refractivity contribution in [3.63, 3.8) is 0 Å². The van der Waals surface area contributed by atoms with Gasteiger partial charge in [-0.3, -0.25) is 14.5 Å². The van der Waals surface area contributed by atoms with Crippen molar-refractivity contribution in [1.82, 2.24) is 15.5 Å². The van der Waals surface area contributed by atoms with E-state index in [9.17, 15) is 9.59 Å². The van der Waals surface area contributed by atoms with Crippen LogP contribution < -0.4 is 15.5 Å². The molecule has 3 heterocycles. The minimum Gasteiger partial charge on any atom is -0.379 e. The minimum absolute atomic E-state index is 0.0105. The van der Waals surface area contributed by atoms with Crippen LogP contribution >= 0.6 is 0 Å². The van der Waals surface area contributed by atoms with Gasteiger partial charge in [-0.05, 0) is 42.9 Å². The number of ether oxygens (including phenoxy) is 2. The van der Waals surface area contributed by atoms with Crippen LogP contribution in [-0.2, 0) is 25.5 Å². The number of anilines is 1. The topological polar surface area (TPSA) is 83.1 Å². The van der Waals surface area contributed by atoms with E-state index in [4.69, 9.17) is 9.47 Å². The Labute approximate surface area is 184 Å². The van der Waals surface area contributed by atoms with Crippen LogP contribution in [0.4, 0.5) is 5.69 Å². The van der Waals surface area contributed by atoms with E-state index < -0.39 is 11.8 Å². The molecule has 170 valence electrons. The number of nitrogens with one attached hydrogen (secondary N) is 2. The van der Waals surface area contributed by atoms with E-state index in [2.05, 4.69) is 45.7 Å². The highest BCUT2D eigenvalue weighted by Gasteiger charge is 2.26. The number of carbonyl (C=O) groups excluding carboxylic acids is 2. The van der Waals surface area contributed by atoms with Gasteiger partial charge in [0, 0.05) is 52.1 Å². The molecule has 1 aromatic carbocycles. The lowest BCUT2D eigenvalue weighted by Crippen LogP contribution is -2.47. The van der Waals surface area contributed by atoms with Gasteiger partial charge in [0.25, 0.3) is 0 Å². The number of carbonyl (C=O) groups is 2. The van der Waals surface area contributed by atoms with Crippen molar-refractivity contribution in [3.8, 4) is 0 Å². The van der Waals surface area contributed by atoms with Crippen molar-refractivity contribution in [2.75, 3.05) is 64.5 Å². The summed E-state index contributed by atoms with van der Waals surface area (Å²) in [5.41, 5.74) is 3.81. The molecule has 2 saturated heterocycles. The molecule has 0 bridgehead atoms. The van der Waals surface area contributed by atoms with Gasteiger partial charge in [-0.2, -0.15) is 0 Å². The Bertz CT molecular complexity index is 775. The van der Waals surface area contributed by atoms with Crippen molar-refractivity contribution < 1.29 is 19.1 Å². The third-order valence-corrected chi connectivity index (χ3v) is 6.50. The molecule has 8 heteroatoms. The normalized spacial score (nSPS) is 22.6. The van der Waals surface area contributed by atoms with E-state index in [0.29, 0.717) is 26.3 Å². The smallest absolute Gasteiger partial charge is 0.309 e. The molecule has 3 aliphatic rings. The largest absolute Gasteiger partial charge is 0.379 e. The lowest BCUT2D eigenvalue weighted by atomic mass is 9.95. The first-order valence-corrected chi connectivity index (χ1v) is 11.4. The zero-order chi connectivity index (χ0) is 21.6. The predicted octanol–water partition coefficient (Wildman–Crippen LogP) is 0.854. The van der Waals surface area contributed by atoms with E-state index in [-0.39, 0.29) is 12.1 Å². The van der Waals surface area contributed by atoms with Gasteiger partial charge < -0.3 is 25.0 Å². The Morgan fingerprint density at radius 2 is 1.90 bits per heavy atom. The number of nitrogens with zero attached hydrogens (tertiary/aromatic N) is 2. The second kappa shape index (κ2) is 10.4. The fourth-order valence-electron chi connectivity index (χ4n) is 4.72. The van der Waals surface area contributed by atoms with Crippen molar-refractivity contribution in [3.05, 3.63) is 29.3 Å². The zero-order valence-electron chi connectivity index (χ0n) is 18.4. The summed E-state index contributed by atoms with van der Waals surface area (Å²) in [5, 5.41) is 5.56. The van der Waals surface area contributed by atoms with Crippen molar-refractivity contribution in [2.45, 2.75) is 37.8 Å². The maximum absolute atomic E-state index is 12.4. The maximum Gasteiger partial charge on any atom is 0.309 e. The van der Waals surface area contributed by atoms with E-state index >= 15 is 0 Å². The molecule has 2 amide bonds. The first kappa shape index (κ1) is 22.0. The van der Waals surface area contributed by atoms with Gasteiger partial charge in [-0.1, -0.05) is 12.1 Å². The number of amides is 2. The first-order chi connectivity index (χ1) is 15.1. The van der Waals surface area contributed by atoms with Crippen LogP contribution in [0.25, 0.3) is 0 Å². The van der Waals surface area contributed by atoms with Crippen molar-refractivity contribution in [1.29, 1.82) is 0 Å². The standard InChI is InChI=1S/C23H34N4O4/c1-26-8-2-4-17-14-18(6-7-20(17)26)21(27-9-12-30-13-10-27)16-25-23(29)22(28)24-15-19-5-3-11-31-19/h6-7,14,19,21H,2-5,8-13,15-16H2,1H3,(H,24,28)(H,25,29)/t19-,21-/m1/s1. The van der Waals surface area contributed by atoms with Crippen molar-refractivity contribution >= 4 is 17.5 Å². The second-order valence-electron chi connectivity index (χ2n) is 8.63. The van der Waals surface area contributed by atoms with Crippen LogP contribution in [0.5, 0.6) is 0 Å². The predicted molar refractivity (Wildman–Crippen MR) is 118 cm³/mol. The molecule has 0 saturated carbocycles. The number of hydrogen-bond acceptors (Lipinski definition) is 6. The van der Waals surface area contributed by atoms with E-state index in [0.717, 1.165) is 51.9 Å². The van der Waals surface area contributed by atoms with Crippen LogP contribution in [0.3, 0.4) is 0 Å². The maximum atomic E-state index is 12.4. The Balaban J connectivity index is 1.40. The van der Waals surface area contributed by atoms with Gasteiger partial charge in [0.15, 0.2) is 0 Å². The average Bonchev–Trinajstić information content (AvgIpc) is 3.32. The Morgan fingerprint density at radius 3 is 2.68 bits per heavy atom. The fourth-order valence-corrected chi connectivity index (χ4v) is 4.72. The number of aryl methyl sites for hydroxylation is 1. The Kier molecular flexibility index (Phi) is 7.42. The van der Waals surface area contributed by atoms with Gasteiger partial charge in [0.2, 0.25) is 0 Å². The SMILES string of the molecule is CN1CCCc2cc([C@@H](CNC(=O)C(=O)NC[C@H]3CCCO3)N3CCOCC3)ccc21. The molecule has 2 fully saturated rings. The minimum atomic E-state index is -0.594. The highest BCUT2D eigenvalue weighted by atomic mass is 16.5. The van der Waals surface area contributed by atoms with Crippen LogP contribution in [0.1, 0.15) is 36.4 Å². The molecular formula is C23H34N4O4. The summed E-state index contributed by atoms with van der Waals surface area (Å²) in [7, 11) is 2.13. The lowest BCUT2D eigenvalue weighted by Gasteiger charge is -2.36. The molecule has 4 rings (SSSR count). The number of hydrogen-bond donors (Lipinski definition) is 2. The average molecular weight is 431 g/mol. The van der Waals surface area contributed by atoms with E-state index in [1.54, 1.807) is 0 Å². The third-order valence-electron chi connectivity index (χ3n) is 6.50. The molecule has 3 aliphatic heterocycles. The zero-order valence-corrected chi connectivity index (χ0v) is 18.4. The van der Waals surface area contributed by atoms with Gasteiger partial charge in [-0.15, -0.1) is 0 Å². The molecular weight excluding hydrogens is 396 g/mol. The summed E-state index contributed by atoms with van der Waals surface area (Å²) in [6.45, 7) is 5.56. The van der Waals surface area contributed by atoms with Gasteiger partial charge in [-0.25, -0.2) is 0 Å². The van der Waals surface area contributed by atoms with Crippen LogP contribution in [0.2, 0.25) is 0 Å². The lowest BCUT2D eigenvalue weighted by molar-refractivity contribution is -0.139. The van der Waals surface area contributed by atoms with Crippen LogP contribution in [0, 0.1) is 0 Å². The highest BCUT2D eigenvalue weighted by Crippen LogP contribution is 2.30. The summed E-state index contributed by atoms with van der Waals surface area (Å²) < 4.78 is 11.0. The van der Waals surface area contributed by atoms with E-state index in [1.807, 2.05) is 0 Å². The quantitative estimate of drug-likeness (QED) is 0.652. The molecule has 2 N–H and O–H groups in total. The summed E-state index contributed by atoms with van der Waals surface area (Å²) >= 11 is 0. The summed E-state index contributed by atoms with van der Waals surface area (Å²) in [6, 6.07) is 6.63. The van der Waals surface area contributed by atoms with Crippen LogP contribution in [-0.4, -0.2) is 82.4 Å². The summed E-state index contributed by atoms with van der Waals surface area (Å²) in [4.78, 5) is 29.3. The first-order valence-electron chi connectivity index (χ1n) is 11.4. The van der Waals surface area contributed by atoms with Crippen molar-refractivity contribution in [2.24, 2.45) is 0 Å². The molecule has 2 atom stereocenters. The van der Waals surface area contributed by atoms with E-state index in [1.165, 1.54) is 16.8 Å². The molecule has 0 unspecified atom stereocenters. The second-order valence-corrected chi connectivity index (χ2v) is 8.63. The third kappa shape index (κ3) is 5.56. The molecule has 31 heavy (non-hydrogen) atoms. The molecule has 1 aromatic rings. The van der Waals surface area contributed by atoms with Gasteiger partial charge in [0.1, 0.15) is 0 Å². The fraction of sp³-hybridized carbons (Fsp3) is 0.652. The molecule has 0 spiro atoms. The number of morpholine rings is 1. The monoisotopic (exact) mass is 430 g/mol. The number of rotatable bonds is 6. The summed E-state index contributed by atoms with van der Waals surface area (Å²) in [6.07, 6.45) is 4.17. The molecule has 0 aromatic heterocycles. The van der Waals surface area contributed by atoms with Gasteiger partial charge in [0.05, 0.1) is 25.4 Å². The molecule has 8 nitrogen and oxygen atoms in total. The summed E-state index contributed by atoms with van der Waals surface area (Å²) in [5.74, 6) is -1.18. The Morgan fingerprint density at radius 1 is 1.10 bits per heavy atom. The van der Waals surface area contributed by atoms with Crippen LogP contribution in [0.15, 0.2) is 18.2 Å². The van der Waals surface area contributed by atoms with Gasteiger partial charge >= 0.3 is 11.8 Å². The Hall–Kier alpha value is -2.16. The number of fused-ring (bicyclic) bond motifs is 1.